The first kappa shape index (κ1) is 21.0. The second kappa shape index (κ2) is 10.2. The van der Waals surface area contributed by atoms with Gasteiger partial charge in [-0.25, -0.2) is 0 Å². The number of anilines is 2. The average Bonchev–Trinajstić information content (AvgIpc) is 2.73. The molecule has 0 atom stereocenters. The van der Waals surface area contributed by atoms with Gasteiger partial charge in [0.2, 0.25) is 5.91 Å². The lowest BCUT2D eigenvalue weighted by atomic mass is 9.95. The zero-order chi connectivity index (χ0) is 20.6. The first-order chi connectivity index (χ1) is 14.0. The van der Waals surface area contributed by atoms with E-state index in [1.165, 1.54) is 26.4 Å². The molecule has 3 rings (SSSR count). The summed E-state index contributed by atoms with van der Waals surface area (Å²) in [7, 11) is 1.54. The summed E-state index contributed by atoms with van der Waals surface area (Å²) in [5, 5.41) is 9.35. The third-order valence-corrected chi connectivity index (χ3v) is 5.27. The smallest absolute Gasteiger partial charge is 0.251 e. The Morgan fingerprint density at radius 2 is 1.72 bits per heavy atom. The molecular formula is C22H26ClN3O3. The maximum Gasteiger partial charge on any atom is 0.251 e. The number of benzene rings is 2. The lowest BCUT2D eigenvalue weighted by molar-refractivity contribution is -0.114. The van der Waals surface area contributed by atoms with Crippen LogP contribution in [0.5, 0.6) is 5.75 Å². The van der Waals surface area contributed by atoms with Gasteiger partial charge in [0.15, 0.2) is 0 Å². The molecule has 0 unspecified atom stereocenters. The molecule has 0 spiro atoms. The Bertz CT molecular complexity index is 849. The maximum absolute atomic E-state index is 12.4. The fourth-order valence-corrected chi connectivity index (χ4v) is 3.64. The monoisotopic (exact) mass is 415 g/mol. The fraction of sp³-hybridized carbons (Fsp3) is 0.364. The van der Waals surface area contributed by atoms with Crippen molar-refractivity contribution in [3.63, 3.8) is 0 Å². The number of halogens is 1. The van der Waals surface area contributed by atoms with E-state index in [0.717, 1.165) is 18.5 Å². The van der Waals surface area contributed by atoms with Crippen LogP contribution in [0.25, 0.3) is 0 Å². The fourth-order valence-electron chi connectivity index (χ4n) is 3.39. The van der Waals surface area contributed by atoms with Gasteiger partial charge in [-0.2, -0.15) is 0 Å². The minimum atomic E-state index is -0.203. The molecule has 7 heteroatoms. The highest BCUT2D eigenvalue weighted by atomic mass is 35.5. The summed E-state index contributed by atoms with van der Waals surface area (Å²) in [6.07, 6.45) is 5.73. The number of amides is 2. The minimum Gasteiger partial charge on any atom is -0.495 e. The molecule has 0 bridgehead atoms. The molecule has 1 fully saturated rings. The van der Waals surface area contributed by atoms with Crippen LogP contribution < -0.4 is 20.7 Å². The van der Waals surface area contributed by atoms with E-state index in [4.69, 9.17) is 16.3 Å². The molecule has 0 heterocycles. The lowest BCUT2D eigenvalue weighted by Gasteiger charge is -2.22. The van der Waals surface area contributed by atoms with Crippen LogP contribution in [-0.4, -0.2) is 31.5 Å². The quantitative estimate of drug-likeness (QED) is 0.623. The third-order valence-electron chi connectivity index (χ3n) is 4.98. The SMILES string of the molecule is COc1ccc(NC(=O)CNc2ccc(C(=O)NC3CCCCC3)cc2)cc1Cl. The molecular weight excluding hydrogens is 390 g/mol. The molecule has 1 saturated carbocycles. The minimum absolute atomic E-state index is 0.0439. The van der Waals surface area contributed by atoms with Crippen LogP contribution in [-0.2, 0) is 4.79 Å². The maximum atomic E-state index is 12.4. The Morgan fingerprint density at radius 1 is 1.03 bits per heavy atom. The van der Waals surface area contributed by atoms with E-state index < -0.39 is 0 Å². The van der Waals surface area contributed by atoms with E-state index in [2.05, 4.69) is 16.0 Å². The molecule has 29 heavy (non-hydrogen) atoms. The predicted molar refractivity (Wildman–Crippen MR) is 116 cm³/mol. The highest BCUT2D eigenvalue weighted by molar-refractivity contribution is 6.32. The first-order valence-electron chi connectivity index (χ1n) is 9.83. The largest absolute Gasteiger partial charge is 0.495 e. The van der Waals surface area contributed by atoms with Crippen molar-refractivity contribution in [3.8, 4) is 5.75 Å². The number of rotatable bonds is 7. The summed E-state index contributed by atoms with van der Waals surface area (Å²) in [5.74, 6) is 0.304. The molecule has 0 radical (unpaired) electrons. The van der Waals surface area contributed by atoms with Gasteiger partial charge in [-0.05, 0) is 55.3 Å². The first-order valence-corrected chi connectivity index (χ1v) is 10.2. The molecule has 3 N–H and O–H groups in total. The van der Waals surface area contributed by atoms with Crippen molar-refractivity contribution >= 4 is 34.8 Å². The predicted octanol–water partition coefficient (Wildman–Crippen LogP) is 4.46. The number of ether oxygens (including phenoxy) is 1. The van der Waals surface area contributed by atoms with Crippen molar-refractivity contribution in [2.24, 2.45) is 0 Å². The van der Waals surface area contributed by atoms with Gasteiger partial charge in [0, 0.05) is 23.0 Å². The van der Waals surface area contributed by atoms with Crippen LogP contribution in [0.3, 0.4) is 0 Å². The number of nitrogens with one attached hydrogen (secondary N) is 3. The molecule has 1 aliphatic carbocycles. The van der Waals surface area contributed by atoms with Crippen LogP contribution in [0.4, 0.5) is 11.4 Å². The summed E-state index contributed by atoms with van der Waals surface area (Å²) >= 11 is 6.06. The van der Waals surface area contributed by atoms with Gasteiger partial charge in [0.05, 0.1) is 18.7 Å². The standard InChI is InChI=1S/C22H26ClN3O3/c1-29-20-12-11-18(13-19(20)23)25-21(27)14-24-16-9-7-15(8-10-16)22(28)26-17-5-3-2-4-6-17/h7-13,17,24H,2-6,14H2,1H3,(H,25,27)(H,26,28). The number of hydrogen-bond donors (Lipinski definition) is 3. The summed E-state index contributed by atoms with van der Waals surface area (Å²) in [4.78, 5) is 24.5. The number of carbonyl (C=O) groups excluding carboxylic acids is 2. The lowest BCUT2D eigenvalue weighted by Crippen LogP contribution is -2.36. The Morgan fingerprint density at radius 3 is 2.38 bits per heavy atom. The van der Waals surface area contributed by atoms with E-state index in [0.29, 0.717) is 22.0 Å². The second-order valence-corrected chi connectivity index (χ2v) is 7.54. The molecule has 6 nitrogen and oxygen atoms in total. The molecule has 2 amide bonds. The third kappa shape index (κ3) is 6.12. The normalized spacial score (nSPS) is 14.1. The Hall–Kier alpha value is -2.73. The van der Waals surface area contributed by atoms with Crippen molar-refractivity contribution in [1.82, 2.24) is 5.32 Å². The van der Waals surface area contributed by atoms with Crippen LogP contribution in [0.15, 0.2) is 42.5 Å². The van der Waals surface area contributed by atoms with Crippen LogP contribution in [0.1, 0.15) is 42.5 Å². The summed E-state index contributed by atoms with van der Waals surface area (Å²) < 4.78 is 5.09. The van der Waals surface area contributed by atoms with Crippen molar-refractivity contribution in [1.29, 1.82) is 0 Å². The van der Waals surface area contributed by atoms with Crippen molar-refractivity contribution in [2.75, 3.05) is 24.3 Å². The van der Waals surface area contributed by atoms with Crippen LogP contribution >= 0.6 is 11.6 Å². The molecule has 154 valence electrons. The molecule has 0 aromatic heterocycles. The van der Waals surface area contributed by atoms with Gasteiger partial charge >= 0.3 is 0 Å². The van der Waals surface area contributed by atoms with E-state index in [9.17, 15) is 9.59 Å². The van der Waals surface area contributed by atoms with Gasteiger partial charge in [-0.3, -0.25) is 9.59 Å². The number of hydrogen-bond acceptors (Lipinski definition) is 4. The van der Waals surface area contributed by atoms with Crippen LogP contribution in [0.2, 0.25) is 5.02 Å². The summed E-state index contributed by atoms with van der Waals surface area (Å²) in [6, 6.07) is 12.5. The van der Waals surface area contributed by atoms with Gasteiger partial charge in [0.1, 0.15) is 5.75 Å². The van der Waals surface area contributed by atoms with E-state index in [-0.39, 0.29) is 24.4 Å². The van der Waals surface area contributed by atoms with Crippen molar-refractivity contribution < 1.29 is 14.3 Å². The van der Waals surface area contributed by atoms with Crippen molar-refractivity contribution in [3.05, 3.63) is 53.1 Å². The Labute approximate surface area is 176 Å². The molecule has 2 aromatic rings. The highest BCUT2D eigenvalue weighted by Gasteiger charge is 2.16. The van der Waals surface area contributed by atoms with Gasteiger partial charge < -0.3 is 20.7 Å². The number of carbonyl (C=O) groups is 2. The molecule has 2 aromatic carbocycles. The molecule has 0 aliphatic heterocycles. The number of methoxy groups -OCH3 is 1. The van der Waals surface area contributed by atoms with E-state index in [1.54, 1.807) is 42.5 Å². The topological polar surface area (TPSA) is 79.5 Å². The van der Waals surface area contributed by atoms with Crippen molar-refractivity contribution in [2.45, 2.75) is 38.1 Å². The highest BCUT2D eigenvalue weighted by Crippen LogP contribution is 2.27. The van der Waals surface area contributed by atoms with E-state index >= 15 is 0 Å². The zero-order valence-corrected chi connectivity index (χ0v) is 17.2. The average molecular weight is 416 g/mol. The second-order valence-electron chi connectivity index (χ2n) is 7.14. The van der Waals surface area contributed by atoms with E-state index in [1.807, 2.05) is 0 Å². The Balaban J connectivity index is 1.47. The molecule has 0 saturated heterocycles. The van der Waals surface area contributed by atoms with Gasteiger partial charge in [0.25, 0.3) is 5.91 Å². The molecule has 1 aliphatic rings. The zero-order valence-electron chi connectivity index (χ0n) is 16.5. The Kier molecular flexibility index (Phi) is 7.36. The summed E-state index contributed by atoms with van der Waals surface area (Å²) in [5.41, 5.74) is 1.98. The summed E-state index contributed by atoms with van der Waals surface area (Å²) in [6.45, 7) is 0.0945. The van der Waals surface area contributed by atoms with Gasteiger partial charge in [-0.15, -0.1) is 0 Å². The van der Waals surface area contributed by atoms with Gasteiger partial charge in [-0.1, -0.05) is 30.9 Å². The van der Waals surface area contributed by atoms with Crippen LogP contribution in [0, 0.1) is 0 Å².